The fourth-order valence-electron chi connectivity index (χ4n) is 3.32. The smallest absolute Gasteiger partial charge is 0.139 e. The highest BCUT2D eigenvalue weighted by molar-refractivity contribution is 5.85. The first-order valence-corrected chi connectivity index (χ1v) is 4.66. The Kier molecular flexibility index (Phi) is 1.14. The van der Waals surface area contributed by atoms with E-state index in [2.05, 4.69) is 12.2 Å². The first kappa shape index (κ1) is 6.84. The van der Waals surface area contributed by atoms with E-state index in [4.69, 9.17) is 0 Å². The summed E-state index contributed by atoms with van der Waals surface area (Å²) in [7, 11) is 0. The van der Waals surface area contributed by atoms with Gasteiger partial charge in [-0.05, 0) is 18.3 Å². The SMILES string of the molecule is O=C1C[C@H](O)[C@H]2[C@@H]1[C@H]1C=C[C@@H]2C1. The number of aliphatic hydroxyl groups excluding tert-OH is 1. The van der Waals surface area contributed by atoms with Crippen LogP contribution in [0.1, 0.15) is 12.8 Å². The first-order valence-electron chi connectivity index (χ1n) is 4.66. The van der Waals surface area contributed by atoms with E-state index in [1.165, 1.54) is 0 Å². The van der Waals surface area contributed by atoms with Crippen molar-refractivity contribution in [3.05, 3.63) is 12.2 Å². The Morgan fingerprint density at radius 2 is 2.08 bits per heavy atom. The van der Waals surface area contributed by atoms with Gasteiger partial charge in [-0.15, -0.1) is 0 Å². The molecule has 2 heteroatoms. The molecule has 3 aliphatic rings. The van der Waals surface area contributed by atoms with Crippen LogP contribution in [0.5, 0.6) is 0 Å². The first-order chi connectivity index (χ1) is 5.77. The number of carbonyl (C=O) groups excluding carboxylic acids is 1. The molecule has 2 bridgehead atoms. The molecule has 1 N–H and O–H groups in total. The molecule has 0 aromatic rings. The average molecular weight is 164 g/mol. The molecule has 2 nitrogen and oxygen atoms in total. The zero-order valence-electron chi connectivity index (χ0n) is 6.81. The van der Waals surface area contributed by atoms with Gasteiger partial charge in [-0.25, -0.2) is 0 Å². The minimum atomic E-state index is -0.345. The zero-order valence-corrected chi connectivity index (χ0v) is 6.81. The Morgan fingerprint density at radius 3 is 2.83 bits per heavy atom. The summed E-state index contributed by atoms with van der Waals surface area (Å²) in [6.07, 6.45) is 5.53. The van der Waals surface area contributed by atoms with Crippen molar-refractivity contribution in [3.8, 4) is 0 Å². The van der Waals surface area contributed by atoms with Gasteiger partial charge in [-0.3, -0.25) is 4.79 Å². The summed E-state index contributed by atoms with van der Waals surface area (Å²) in [4.78, 5) is 11.5. The van der Waals surface area contributed by atoms with Gasteiger partial charge in [0.1, 0.15) is 5.78 Å². The zero-order chi connectivity index (χ0) is 8.29. The van der Waals surface area contributed by atoms with E-state index in [9.17, 15) is 9.90 Å². The van der Waals surface area contributed by atoms with Crippen LogP contribution in [0.2, 0.25) is 0 Å². The van der Waals surface area contributed by atoms with Crippen LogP contribution >= 0.6 is 0 Å². The van der Waals surface area contributed by atoms with Gasteiger partial charge in [0.25, 0.3) is 0 Å². The molecule has 12 heavy (non-hydrogen) atoms. The largest absolute Gasteiger partial charge is 0.392 e. The maximum atomic E-state index is 11.5. The third kappa shape index (κ3) is 0.626. The highest BCUT2D eigenvalue weighted by atomic mass is 16.3. The summed E-state index contributed by atoms with van der Waals surface area (Å²) in [5.74, 6) is 1.71. The van der Waals surface area contributed by atoms with Crippen LogP contribution in [0.4, 0.5) is 0 Å². The summed E-state index contributed by atoms with van der Waals surface area (Å²) in [5.41, 5.74) is 0. The lowest BCUT2D eigenvalue weighted by molar-refractivity contribution is -0.121. The van der Waals surface area contributed by atoms with Gasteiger partial charge in [0.15, 0.2) is 0 Å². The highest BCUT2D eigenvalue weighted by Gasteiger charge is 2.54. The second-order valence-corrected chi connectivity index (χ2v) is 4.29. The summed E-state index contributed by atoms with van der Waals surface area (Å²) in [5, 5.41) is 9.64. The predicted molar refractivity (Wildman–Crippen MR) is 43.3 cm³/mol. The van der Waals surface area contributed by atoms with Gasteiger partial charge >= 0.3 is 0 Å². The molecule has 64 valence electrons. The maximum Gasteiger partial charge on any atom is 0.139 e. The normalized spacial score (nSPS) is 55.1. The molecule has 3 rings (SSSR count). The number of aliphatic hydroxyl groups is 1. The topological polar surface area (TPSA) is 37.3 Å². The fourth-order valence-corrected chi connectivity index (χ4v) is 3.32. The summed E-state index contributed by atoms with van der Waals surface area (Å²) in [6.45, 7) is 0. The number of ketones is 1. The third-order valence-electron chi connectivity index (χ3n) is 3.75. The van der Waals surface area contributed by atoms with Crippen LogP contribution in [0, 0.1) is 23.7 Å². The van der Waals surface area contributed by atoms with E-state index in [0.29, 0.717) is 24.0 Å². The Balaban J connectivity index is 2.03. The van der Waals surface area contributed by atoms with Crippen LogP contribution in [-0.4, -0.2) is 17.0 Å². The summed E-state index contributed by atoms with van der Waals surface area (Å²) >= 11 is 0. The number of rotatable bonds is 0. The Bertz CT molecular complexity index is 269. The standard InChI is InChI=1S/C10H12O2/c11-7-4-8(12)10-6-2-1-5(3-6)9(7)10/h1-2,5-7,9-11H,3-4H2/t5-,6+,7+,9+,10-/m1/s1. The van der Waals surface area contributed by atoms with Gasteiger partial charge in [0, 0.05) is 18.3 Å². The maximum absolute atomic E-state index is 11.5. The van der Waals surface area contributed by atoms with E-state index >= 15 is 0 Å². The number of allylic oxidation sites excluding steroid dienone is 2. The number of Topliss-reactive ketones (excluding diaryl/α,β-unsaturated/α-hetero) is 1. The number of fused-ring (bicyclic) bond motifs is 5. The highest BCUT2D eigenvalue weighted by Crippen LogP contribution is 2.53. The van der Waals surface area contributed by atoms with Crippen LogP contribution in [0.25, 0.3) is 0 Å². The molecule has 0 aromatic heterocycles. The second-order valence-electron chi connectivity index (χ2n) is 4.29. The molecular formula is C10H12O2. The Hall–Kier alpha value is -0.630. The molecule has 2 saturated carbocycles. The number of hydrogen-bond donors (Lipinski definition) is 1. The van der Waals surface area contributed by atoms with Gasteiger partial charge in [0.2, 0.25) is 0 Å². The van der Waals surface area contributed by atoms with E-state index in [1.807, 2.05) is 0 Å². The van der Waals surface area contributed by atoms with E-state index in [-0.39, 0.29) is 17.9 Å². The van der Waals surface area contributed by atoms with Gasteiger partial charge in [-0.2, -0.15) is 0 Å². The van der Waals surface area contributed by atoms with Gasteiger partial charge in [-0.1, -0.05) is 12.2 Å². The molecular weight excluding hydrogens is 152 g/mol. The molecule has 0 aromatic carbocycles. The van der Waals surface area contributed by atoms with Crippen LogP contribution in [-0.2, 0) is 4.79 Å². The van der Waals surface area contributed by atoms with Crippen molar-refractivity contribution < 1.29 is 9.90 Å². The summed E-state index contributed by atoms with van der Waals surface area (Å²) < 4.78 is 0. The molecule has 0 amide bonds. The molecule has 0 aliphatic heterocycles. The Labute approximate surface area is 71.3 Å². The minimum Gasteiger partial charge on any atom is -0.392 e. The fraction of sp³-hybridized carbons (Fsp3) is 0.700. The molecule has 0 spiro atoms. The van der Waals surface area contributed by atoms with Gasteiger partial charge < -0.3 is 5.11 Å². The quantitative estimate of drug-likeness (QED) is 0.537. The molecule has 0 saturated heterocycles. The lowest BCUT2D eigenvalue weighted by Gasteiger charge is -2.20. The average Bonchev–Trinajstić information content (AvgIpc) is 2.64. The van der Waals surface area contributed by atoms with Crippen molar-refractivity contribution in [3.63, 3.8) is 0 Å². The monoisotopic (exact) mass is 164 g/mol. The second kappa shape index (κ2) is 1.99. The molecule has 3 aliphatic carbocycles. The third-order valence-corrected chi connectivity index (χ3v) is 3.75. The Morgan fingerprint density at radius 1 is 1.33 bits per heavy atom. The van der Waals surface area contributed by atoms with Crippen molar-refractivity contribution in [2.24, 2.45) is 23.7 Å². The number of hydrogen-bond acceptors (Lipinski definition) is 2. The van der Waals surface area contributed by atoms with Crippen molar-refractivity contribution >= 4 is 5.78 Å². The van der Waals surface area contributed by atoms with Crippen LogP contribution in [0.3, 0.4) is 0 Å². The summed E-state index contributed by atoms with van der Waals surface area (Å²) in [6, 6.07) is 0. The molecule has 0 unspecified atom stereocenters. The van der Waals surface area contributed by atoms with Crippen molar-refractivity contribution in [1.29, 1.82) is 0 Å². The predicted octanol–water partition coefficient (Wildman–Crippen LogP) is 0.758. The van der Waals surface area contributed by atoms with Gasteiger partial charge in [0.05, 0.1) is 6.10 Å². The molecule has 0 radical (unpaired) electrons. The molecule has 5 atom stereocenters. The lowest BCUT2D eigenvalue weighted by atomic mass is 9.85. The van der Waals surface area contributed by atoms with E-state index in [0.717, 1.165) is 6.42 Å². The van der Waals surface area contributed by atoms with E-state index < -0.39 is 0 Å². The van der Waals surface area contributed by atoms with Crippen LogP contribution < -0.4 is 0 Å². The molecule has 0 heterocycles. The van der Waals surface area contributed by atoms with Crippen molar-refractivity contribution in [2.45, 2.75) is 18.9 Å². The minimum absolute atomic E-state index is 0.176. The lowest BCUT2D eigenvalue weighted by Crippen LogP contribution is -2.24. The van der Waals surface area contributed by atoms with E-state index in [1.54, 1.807) is 0 Å². The number of carbonyl (C=O) groups is 1. The molecule has 2 fully saturated rings. The van der Waals surface area contributed by atoms with Crippen molar-refractivity contribution in [1.82, 2.24) is 0 Å². The van der Waals surface area contributed by atoms with Crippen LogP contribution in [0.15, 0.2) is 12.2 Å². The van der Waals surface area contributed by atoms with Crippen molar-refractivity contribution in [2.75, 3.05) is 0 Å².